The zero-order valence-electron chi connectivity index (χ0n) is 10.4. The summed E-state index contributed by atoms with van der Waals surface area (Å²) in [7, 11) is 0. The molecule has 0 aromatic rings. The Labute approximate surface area is 94.8 Å². The fourth-order valence-corrected chi connectivity index (χ4v) is 2.10. The Hall–Kier alpha value is -0.780. The van der Waals surface area contributed by atoms with E-state index in [4.69, 9.17) is 0 Å². The lowest BCUT2D eigenvalue weighted by atomic mass is 9.79. The molecule has 0 unspecified atom stereocenters. The molecule has 1 rings (SSSR count). The fraction of sp³-hybridized carbons (Fsp3) is 0.600. The van der Waals surface area contributed by atoms with Crippen molar-refractivity contribution in [3.8, 4) is 0 Å². The second-order valence-electron chi connectivity index (χ2n) is 4.90. The van der Waals surface area contributed by atoms with E-state index in [1.54, 1.807) is 0 Å². The highest BCUT2D eigenvalue weighted by Gasteiger charge is 2.18. The number of hydrogen-bond acceptors (Lipinski definition) is 0. The Morgan fingerprint density at radius 1 is 1.13 bits per heavy atom. The van der Waals surface area contributed by atoms with Crippen LogP contribution >= 0.6 is 0 Å². The van der Waals surface area contributed by atoms with Gasteiger partial charge in [-0.15, -0.1) is 0 Å². The number of allylic oxidation sites excluding steroid dienone is 5. The van der Waals surface area contributed by atoms with Crippen molar-refractivity contribution in [2.75, 3.05) is 0 Å². The largest absolute Gasteiger partial charge is 0.0955 e. The lowest BCUT2D eigenvalue weighted by Gasteiger charge is -2.26. The van der Waals surface area contributed by atoms with Crippen molar-refractivity contribution in [1.82, 2.24) is 0 Å². The van der Waals surface area contributed by atoms with Gasteiger partial charge >= 0.3 is 0 Å². The lowest BCUT2D eigenvalue weighted by Crippen LogP contribution is -2.13. The topological polar surface area (TPSA) is 0 Å². The van der Waals surface area contributed by atoms with E-state index < -0.39 is 0 Å². The molecule has 0 aromatic heterocycles. The zero-order chi connectivity index (χ0) is 11.3. The van der Waals surface area contributed by atoms with Crippen LogP contribution in [0.1, 0.15) is 46.5 Å². The van der Waals surface area contributed by atoms with Gasteiger partial charge < -0.3 is 0 Å². The molecule has 0 aromatic carbocycles. The first-order chi connectivity index (χ1) is 7.13. The van der Waals surface area contributed by atoms with Crippen LogP contribution < -0.4 is 0 Å². The van der Waals surface area contributed by atoms with Crippen molar-refractivity contribution < 1.29 is 0 Å². The van der Waals surface area contributed by atoms with E-state index >= 15 is 0 Å². The second-order valence-corrected chi connectivity index (χ2v) is 4.90. The van der Waals surface area contributed by atoms with Crippen LogP contribution in [0, 0.1) is 11.8 Å². The molecule has 0 N–H and O–H groups in total. The summed E-state index contributed by atoms with van der Waals surface area (Å²) in [5.41, 5.74) is 2.64. The van der Waals surface area contributed by atoms with Gasteiger partial charge in [-0.05, 0) is 38.5 Å². The van der Waals surface area contributed by atoms with Crippen LogP contribution in [0.15, 0.2) is 36.0 Å². The fourth-order valence-electron chi connectivity index (χ4n) is 2.10. The maximum absolute atomic E-state index is 4.20. The molecule has 0 saturated heterocycles. The van der Waals surface area contributed by atoms with Gasteiger partial charge in [-0.3, -0.25) is 0 Å². The van der Waals surface area contributed by atoms with Crippen LogP contribution in [0.2, 0.25) is 0 Å². The maximum Gasteiger partial charge on any atom is -0.0168 e. The molecule has 0 nitrogen and oxygen atoms in total. The Balaban J connectivity index is 2.44. The summed E-state index contributed by atoms with van der Waals surface area (Å²) >= 11 is 0. The van der Waals surface area contributed by atoms with Crippen molar-refractivity contribution in [3.63, 3.8) is 0 Å². The summed E-state index contributed by atoms with van der Waals surface area (Å²) in [6.45, 7) is 10.8. The van der Waals surface area contributed by atoms with E-state index in [-0.39, 0.29) is 0 Å². The number of hydrogen-bond donors (Lipinski definition) is 0. The minimum Gasteiger partial charge on any atom is -0.0955 e. The average molecular weight is 204 g/mol. The molecule has 1 aliphatic rings. The number of rotatable bonds is 3. The Morgan fingerprint density at radius 2 is 1.73 bits per heavy atom. The molecule has 1 fully saturated rings. The van der Waals surface area contributed by atoms with E-state index in [0.29, 0.717) is 0 Å². The van der Waals surface area contributed by atoms with Gasteiger partial charge in [-0.1, -0.05) is 55.7 Å². The van der Waals surface area contributed by atoms with Crippen LogP contribution in [-0.2, 0) is 0 Å². The molecule has 0 spiro atoms. The third-order valence-electron chi connectivity index (χ3n) is 3.56. The van der Waals surface area contributed by atoms with Gasteiger partial charge in [0.2, 0.25) is 0 Å². The van der Waals surface area contributed by atoms with Gasteiger partial charge in [0.1, 0.15) is 0 Å². The standard InChI is InChI=1S/C15H24/c1-5-12(2)6-9-14(4)15-10-7-13(3)8-11-15/h5-6,9,13,15H,4,7-8,10-11H2,1-3H3. The lowest BCUT2D eigenvalue weighted by molar-refractivity contribution is 0.324. The van der Waals surface area contributed by atoms with Crippen LogP contribution in [0.3, 0.4) is 0 Å². The Bertz CT molecular complexity index is 260. The van der Waals surface area contributed by atoms with Gasteiger partial charge in [-0.2, -0.15) is 0 Å². The van der Waals surface area contributed by atoms with E-state index in [9.17, 15) is 0 Å². The third kappa shape index (κ3) is 4.07. The van der Waals surface area contributed by atoms with E-state index in [2.05, 4.69) is 45.6 Å². The zero-order valence-corrected chi connectivity index (χ0v) is 10.4. The third-order valence-corrected chi connectivity index (χ3v) is 3.56. The quantitative estimate of drug-likeness (QED) is 0.574. The molecule has 0 atom stereocenters. The van der Waals surface area contributed by atoms with Gasteiger partial charge in [0, 0.05) is 0 Å². The molecule has 0 bridgehead atoms. The van der Waals surface area contributed by atoms with Crippen molar-refractivity contribution >= 4 is 0 Å². The van der Waals surface area contributed by atoms with Gasteiger partial charge in [-0.25, -0.2) is 0 Å². The first-order valence-corrected chi connectivity index (χ1v) is 6.13. The maximum atomic E-state index is 4.20. The minimum absolute atomic E-state index is 0.738. The second kappa shape index (κ2) is 5.95. The minimum atomic E-state index is 0.738. The van der Waals surface area contributed by atoms with Gasteiger partial charge in [0.25, 0.3) is 0 Å². The summed E-state index contributed by atoms with van der Waals surface area (Å²) in [4.78, 5) is 0. The smallest absolute Gasteiger partial charge is 0.0168 e. The molecule has 0 radical (unpaired) electrons. The Kier molecular flexibility index (Phi) is 4.87. The first-order valence-electron chi connectivity index (χ1n) is 6.13. The summed E-state index contributed by atoms with van der Waals surface area (Å²) in [5, 5.41) is 0. The molecule has 0 heteroatoms. The molecule has 84 valence electrons. The van der Waals surface area contributed by atoms with E-state index in [1.165, 1.54) is 36.8 Å². The molecule has 1 aliphatic carbocycles. The monoisotopic (exact) mass is 204 g/mol. The van der Waals surface area contributed by atoms with Crippen molar-refractivity contribution in [3.05, 3.63) is 36.0 Å². The van der Waals surface area contributed by atoms with E-state index in [0.717, 1.165) is 11.8 Å². The van der Waals surface area contributed by atoms with Crippen molar-refractivity contribution in [2.24, 2.45) is 11.8 Å². The van der Waals surface area contributed by atoms with Gasteiger partial charge in [0.05, 0.1) is 0 Å². The van der Waals surface area contributed by atoms with Crippen molar-refractivity contribution in [2.45, 2.75) is 46.5 Å². The van der Waals surface area contributed by atoms with E-state index in [1.807, 2.05) is 0 Å². The molecule has 15 heavy (non-hydrogen) atoms. The summed E-state index contributed by atoms with van der Waals surface area (Å²) in [6, 6.07) is 0. The normalized spacial score (nSPS) is 28.3. The summed E-state index contributed by atoms with van der Waals surface area (Å²) in [6.07, 6.45) is 11.9. The van der Waals surface area contributed by atoms with Crippen LogP contribution in [0.4, 0.5) is 0 Å². The predicted molar refractivity (Wildman–Crippen MR) is 68.8 cm³/mol. The molecule has 0 heterocycles. The summed E-state index contributed by atoms with van der Waals surface area (Å²) in [5.74, 6) is 1.66. The van der Waals surface area contributed by atoms with Crippen LogP contribution in [0.25, 0.3) is 0 Å². The predicted octanol–water partition coefficient (Wildman–Crippen LogP) is 4.89. The van der Waals surface area contributed by atoms with Crippen LogP contribution in [-0.4, -0.2) is 0 Å². The Morgan fingerprint density at radius 3 is 2.27 bits per heavy atom. The molecular weight excluding hydrogens is 180 g/mol. The highest BCUT2D eigenvalue weighted by atomic mass is 14.2. The van der Waals surface area contributed by atoms with Gasteiger partial charge in [0.15, 0.2) is 0 Å². The molecule has 1 saturated carbocycles. The molecular formula is C15H24. The SMILES string of the molecule is C=C(C=CC(C)=CC)C1CCC(C)CC1. The molecule has 0 aliphatic heterocycles. The first kappa shape index (κ1) is 12.3. The molecule has 0 amide bonds. The average Bonchev–Trinajstić information content (AvgIpc) is 2.26. The van der Waals surface area contributed by atoms with Crippen molar-refractivity contribution in [1.29, 1.82) is 0 Å². The highest BCUT2D eigenvalue weighted by Crippen LogP contribution is 2.32. The highest BCUT2D eigenvalue weighted by molar-refractivity contribution is 5.26. The van der Waals surface area contributed by atoms with Crippen LogP contribution in [0.5, 0.6) is 0 Å². The summed E-state index contributed by atoms with van der Waals surface area (Å²) < 4.78 is 0.